The van der Waals surface area contributed by atoms with Crippen LogP contribution in [0.4, 0.5) is 4.39 Å². The predicted octanol–water partition coefficient (Wildman–Crippen LogP) is 3.48. The van der Waals surface area contributed by atoms with Crippen molar-refractivity contribution in [3.8, 4) is 0 Å². The molecule has 1 aliphatic carbocycles. The summed E-state index contributed by atoms with van der Waals surface area (Å²) in [5, 5.41) is 6.35. The molecule has 2 aromatic carbocycles. The molecule has 0 saturated carbocycles. The van der Waals surface area contributed by atoms with E-state index in [1.165, 1.54) is 6.07 Å². The number of halogens is 1. The second-order valence-corrected chi connectivity index (χ2v) is 9.79. The van der Waals surface area contributed by atoms with E-state index < -0.39 is 0 Å². The number of pyridine rings is 1. The fourth-order valence-corrected chi connectivity index (χ4v) is 5.49. The third-order valence-electron chi connectivity index (χ3n) is 7.25. The molecule has 1 aliphatic heterocycles. The van der Waals surface area contributed by atoms with E-state index in [-0.39, 0.29) is 35.6 Å². The van der Waals surface area contributed by atoms with Crippen molar-refractivity contribution in [3.63, 3.8) is 0 Å². The number of nitrogens with zero attached hydrogens (tertiary/aromatic N) is 2. The SMILES string of the molecule is O=C(CN1CC[C@H](NC(=O)c2ccccc2)C1)NC1CCc2cc(F)ccc2C1Cc1cccnc1. The molecule has 2 N–H and O–H groups in total. The molecule has 0 spiro atoms. The highest BCUT2D eigenvalue weighted by atomic mass is 19.1. The van der Waals surface area contributed by atoms with Crippen molar-refractivity contribution in [1.29, 1.82) is 0 Å². The molecule has 0 radical (unpaired) electrons. The fraction of sp³-hybridized carbons (Fsp3) is 0.345. The molecule has 6 nitrogen and oxygen atoms in total. The van der Waals surface area contributed by atoms with Gasteiger partial charge in [0.15, 0.2) is 0 Å². The number of nitrogens with one attached hydrogen (secondary N) is 2. The zero-order valence-electron chi connectivity index (χ0n) is 20.2. The Balaban J connectivity index is 1.20. The number of aromatic nitrogens is 1. The smallest absolute Gasteiger partial charge is 0.251 e. The molecular weight excluding hydrogens is 455 g/mol. The van der Waals surface area contributed by atoms with E-state index in [9.17, 15) is 14.0 Å². The van der Waals surface area contributed by atoms with Crippen LogP contribution < -0.4 is 10.6 Å². The topological polar surface area (TPSA) is 74.3 Å². The van der Waals surface area contributed by atoms with Crippen LogP contribution in [-0.2, 0) is 17.6 Å². The number of benzene rings is 2. The average Bonchev–Trinajstić information content (AvgIpc) is 3.32. The lowest BCUT2D eigenvalue weighted by molar-refractivity contribution is -0.123. The number of aryl methyl sites for hydroxylation is 1. The molecule has 0 bridgehead atoms. The quantitative estimate of drug-likeness (QED) is 0.536. The normalized spacial score (nSPS) is 21.5. The van der Waals surface area contributed by atoms with Gasteiger partial charge in [-0.15, -0.1) is 0 Å². The molecule has 36 heavy (non-hydrogen) atoms. The number of hydrogen-bond acceptors (Lipinski definition) is 4. The first-order valence-corrected chi connectivity index (χ1v) is 12.6. The van der Waals surface area contributed by atoms with Crippen LogP contribution in [0.15, 0.2) is 73.1 Å². The Morgan fingerprint density at radius 3 is 2.69 bits per heavy atom. The van der Waals surface area contributed by atoms with Crippen LogP contribution in [0, 0.1) is 5.82 Å². The predicted molar refractivity (Wildman–Crippen MR) is 136 cm³/mol. The van der Waals surface area contributed by atoms with Crippen molar-refractivity contribution < 1.29 is 14.0 Å². The number of likely N-dealkylation sites (tertiary alicyclic amines) is 1. The minimum Gasteiger partial charge on any atom is -0.352 e. The van der Waals surface area contributed by atoms with E-state index in [4.69, 9.17) is 0 Å². The van der Waals surface area contributed by atoms with Crippen molar-refractivity contribution >= 4 is 11.8 Å². The van der Waals surface area contributed by atoms with Gasteiger partial charge in [-0.3, -0.25) is 19.5 Å². The maximum Gasteiger partial charge on any atom is 0.251 e. The molecule has 1 fully saturated rings. The Hall–Kier alpha value is -3.58. The lowest BCUT2D eigenvalue weighted by atomic mass is 9.76. The van der Waals surface area contributed by atoms with Gasteiger partial charge in [-0.1, -0.05) is 30.3 Å². The van der Waals surface area contributed by atoms with Gasteiger partial charge in [0.05, 0.1) is 6.54 Å². The van der Waals surface area contributed by atoms with Crippen LogP contribution in [0.5, 0.6) is 0 Å². The molecule has 5 rings (SSSR count). The molecule has 186 valence electrons. The van der Waals surface area contributed by atoms with Gasteiger partial charge in [-0.25, -0.2) is 4.39 Å². The second kappa shape index (κ2) is 11.0. The molecule has 1 saturated heterocycles. The average molecular weight is 487 g/mol. The standard InChI is InChI=1S/C29H31FN4O2/c30-23-9-10-25-22(16-23)8-11-27(26(25)15-20-5-4-13-31-17-20)33-28(35)19-34-14-12-24(18-34)32-29(36)21-6-2-1-3-7-21/h1-7,9-10,13,16-17,24,26-27H,8,11-12,14-15,18-19H2,(H,32,36)(H,33,35)/t24-,26?,27?/m0/s1. The first kappa shape index (κ1) is 24.1. The second-order valence-electron chi connectivity index (χ2n) is 9.79. The van der Waals surface area contributed by atoms with Crippen molar-refractivity contribution in [2.45, 2.75) is 43.7 Å². The van der Waals surface area contributed by atoms with E-state index in [1.54, 1.807) is 24.4 Å². The number of fused-ring (bicyclic) bond motifs is 1. The summed E-state index contributed by atoms with van der Waals surface area (Å²) < 4.78 is 13.9. The van der Waals surface area contributed by atoms with Crippen LogP contribution in [0.3, 0.4) is 0 Å². The largest absolute Gasteiger partial charge is 0.352 e. The Morgan fingerprint density at radius 2 is 1.89 bits per heavy atom. The van der Waals surface area contributed by atoms with Crippen LogP contribution >= 0.6 is 0 Å². The van der Waals surface area contributed by atoms with Crippen molar-refractivity contribution in [1.82, 2.24) is 20.5 Å². The molecule has 3 atom stereocenters. The Bertz CT molecular complexity index is 1200. The third kappa shape index (κ3) is 5.79. The molecule has 2 unspecified atom stereocenters. The van der Waals surface area contributed by atoms with Crippen LogP contribution in [-0.4, -0.2) is 53.4 Å². The van der Waals surface area contributed by atoms with Crippen LogP contribution in [0.25, 0.3) is 0 Å². The highest BCUT2D eigenvalue weighted by Crippen LogP contribution is 2.35. The molecule has 2 aliphatic rings. The van der Waals surface area contributed by atoms with Crippen LogP contribution in [0.1, 0.15) is 45.8 Å². The number of carbonyl (C=O) groups excluding carboxylic acids is 2. The van der Waals surface area contributed by atoms with E-state index in [0.717, 1.165) is 48.9 Å². The summed E-state index contributed by atoms with van der Waals surface area (Å²) in [7, 11) is 0. The number of hydrogen-bond donors (Lipinski definition) is 2. The summed E-state index contributed by atoms with van der Waals surface area (Å²) in [5.41, 5.74) is 3.86. The van der Waals surface area contributed by atoms with Gasteiger partial charge in [0, 0.05) is 49.0 Å². The lowest BCUT2D eigenvalue weighted by Crippen LogP contribution is -2.47. The minimum atomic E-state index is -0.223. The van der Waals surface area contributed by atoms with Crippen molar-refractivity contribution in [3.05, 3.63) is 101 Å². The van der Waals surface area contributed by atoms with Gasteiger partial charge in [0.2, 0.25) is 5.91 Å². The maximum atomic E-state index is 13.9. The van der Waals surface area contributed by atoms with Gasteiger partial charge in [0.25, 0.3) is 5.91 Å². The Morgan fingerprint density at radius 1 is 1.03 bits per heavy atom. The minimum absolute atomic E-state index is 0.0169. The fourth-order valence-electron chi connectivity index (χ4n) is 5.49. The molecular formula is C29H31FN4O2. The number of rotatable bonds is 7. The maximum absolute atomic E-state index is 13.9. The van der Waals surface area contributed by atoms with Crippen molar-refractivity contribution in [2.24, 2.45) is 0 Å². The molecule has 2 heterocycles. The van der Waals surface area contributed by atoms with Gasteiger partial charge in [-0.05, 0) is 72.7 Å². The van der Waals surface area contributed by atoms with E-state index in [1.807, 2.05) is 42.6 Å². The lowest BCUT2D eigenvalue weighted by Gasteiger charge is -2.35. The summed E-state index contributed by atoms with van der Waals surface area (Å²) >= 11 is 0. The summed E-state index contributed by atoms with van der Waals surface area (Å²) in [6.07, 6.45) is 6.65. The van der Waals surface area contributed by atoms with Crippen molar-refractivity contribution in [2.75, 3.05) is 19.6 Å². The highest BCUT2D eigenvalue weighted by Gasteiger charge is 2.32. The Labute approximate surface area is 210 Å². The number of amides is 2. The number of carbonyl (C=O) groups is 2. The summed E-state index contributed by atoms with van der Waals surface area (Å²) in [4.78, 5) is 31.9. The molecule has 3 aromatic rings. The van der Waals surface area contributed by atoms with Crippen LogP contribution in [0.2, 0.25) is 0 Å². The highest BCUT2D eigenvalue weighted by molar-refractivity contribution is 5.94. The van der Waals surface area contributed by atoms with Gasteiger partial charge < -0.3 is 10.6 Å². The molecule has 1 aromatic heterocycles. The van der Waals surface area contributed by atoms with Gasteiger partial charge in [-0.2, -0.15) is 0 Å². The van der Waals surface area contributed by atoms with E-state index in [2.05, 4.69) is 20.5 Å². The third-order valence-corrected chi connectivity index (χ3v) is 7.25. The Kier molecular flexibility index (Phi) is 7.37. The summed E-state index contributed by atoms with van der Waals surface area (Å²) in [6, 6.07) is 18.1. The molecule has 2 amide bonds. The van der Waals surface area contributed by atoms with Gasteiger partial charge >= 0.3 is 0 Å². The first-order chi connectivity index (χ1) is 17.5. The van der Waals surface area contributed by atoms with Gasteiger partial charge in [0.1, 0.15) is 5.82 Å². The molecule has 7 heteroatoms. The zero-order valence-corrected chi connectivity index (χ0v) is 20.2. The monoisotopic (exact) mass is 486 g/mol. The summed E-state index contributed by atoms with van der Waals surface area (Å²) in [6.45, 7) is 1.71. The van der Waals surface area contributed by atoms with E-state index in [0.29, 0.717) is 18.7 Å². The zero-order chi connectivity index (χ0) is 24.9. The first-order valence-electron chi connectivity index (χ1n) is 12.6. The summed E-state index contributed by atoms with van der Waals surface area (Å²) in [5.74, 6) is -0.266. The van der Waals surface area contributed by atoms with E-state index >= 15 is 0 Å².